The summed E-state index contributed by atoms with van der Waals surface area (Å²) in [4.78, 5) is 23.7. The van der Waals surface area contributed by atoms with Crippen LogP contribution in [0.4, 0.5) is 39.3 Å². The van der Waals surface area contributed by atoms with Gasteiger partial charge in [-0.2, -0.15) is 13.2 Å². The molecule has 73 heavy (non-hydrogen) atoms. The predicted molar refractivity (Wildman–Crippen MR) is 268 cm³/mol. The fourth-order valence-electron chi connectivity index (χ4n) is 9.23. The summed E-state index contributed by atoms with van der Waals surface area (Å²) in [6.07, 6.45) is -1.41. The van der Waals surface area contributed by atoms with Crippen molar-refractivity contribution in [1.82, 2.24) is 24.8 Å². The van der Waals surface area contributed by atoms with Crippen LogP contribution < -0.4 is 34.5 Å². The summed E-state index contributed by atoms with van der Waals surface area (Å²) in [7, 11) is 6.46. The monoisotopic (exact) mass is 1030 g/mol. The molecule has 20 heteroatoms. The maximum Gasteiger partial charge on any atom is 0.418 e. The normalized spacial score (nSPS) is 16.8. The number of likely N-dealkylation sites (N-methyl/N-ethyl adjacent to an activating group) is 1. The summed E-state index contributed by atoms with van der Waals surface area (Å²) in [5.41, 5.74) is 0.361. The molecular formula is C53H53ClF5N9O5. The lowest BCUT2D eigenvalue weighted by atomic mass is 9.96. The number of aliphatic imine (C=N–C) groups is 1. The first-order chi connectivity index (χ1) is 35.1. The Morgan fingerprint density at radius 1 is 0.918 bits per heavy atom. The van der Waals surface area contributed by atoms with Gasteiger partial charge in [0.2, 0.25) is 0 Å². The molecule has 382 valence electrons. The number of methoxy groups -OCH3 is 3. The summed E-state index contributed by atoms with van der Waals surface area (Å²) in [6, 6.07) is 22.3. The molecule has 0 amide bonds. The van der Waals surface area contributed by atoms with E-state index in [-0.39, 0.29) is 84.8 Å². The van der Waals surface area contributed by atoms with E-state index >= 15 is 17.6 Å². The van der Waals surface area contributed by atoms with Crippen molar-refractivity contribution < 1.29 is 45.6 Å². The molecule has 0 spiro atoms. The van der Waals surface area contributed by atoms with Gasteiger partial charge in [0.25, 0.3) is 0 Å². The topological polar surface area (TPSA) is 131 Å². The van der Waals surface area contributed by atoms with E-state index < -0.39 is 46.8 Å². The number of rotatable bonds is 17. The Hall–Kier alpha value is -7.38. The van der Waals surface area contributed by atoms with E-state index in [4.69, 9.17) is 45.3 Å². The summed E-state index contributed by atoms with van der Waals surface area (Å²) in [6.45, 7) is 3.92. The van der Waals surface area contributed by atoms with Crippen LogP contribution in [-0.2, 0) is 30.5 Å². The fourth-order valence-corrected chi connectivity index (χ4v) is 9.57. The number of nitrogens with zero attached hydrogens (tertiary/aromatic N) is 7. The highest BCUT2D eigenvalue weighted by molar-refractivity contribution is 6.37. The number of likely N-dealkylation sites (tertiary alicyclic amines) is 1. The number of aromatic nitrogens is 3. The quantitative estimate of drug-likeness (QED) is 0.0841. The van der Waals surface area contributed by atoms with Crippen LogP contribution in [0.1, 0.15) is 58.3 Å². The second kappa shape index (κ2) is 21.4. The Bertz CT molecular complexity index is 2970. The number of benzene rings is 4. The van der Waals surface area contributed by atoms with Crippen molar-refractivity contribution in [3.05, 3.63) is 153 Å². The number of hydrogen-bond donors (Lipinski definition) is 2. The summed E-state index contributed by atoms with van der Waals surface area (Å²) >= 11 is 7.26. The molecule has 1 fully saturated rings. The molecule has 6 aromatic rings. The van der Waals surface area contributed by atoms with Gasteiger partial charge in [0.1, 0.15) is 60.5 Å². The molecule has 0 saturated carbocycles. The highest BCUT2D eigenvalue weighted by atomic mass is 35.5. The number of alkyl halides is 4. The number of halogens is 6. The van der Waals surface area contributed by atoms with Crippen molar-refractivity contribution >= 4 is 34.8 Å². The zero-order chi connectivity index (χ0) is 51.6. The van der Waals surface area contributed by atoms with Gasteiger partial charge in [-0.15, -0.1) is 0 Å². The van der Waals surface area contributed by atoms with Gasteiger partial charge in [-0.3, -0.25) is 4.90 Å². The molecule has 0 radical (unpaired) electrons. The summed E-state index contributed by atoms with van der Waals surface area (Å²) < 4.78 is 108. The zero-order valence-electron chi connectivity index (χ0n) is 40.9. The molecule has 9 rings (SSSR count). The van der Waals surface area contributed by atoms with Gasteiger partial charge >= 0.3 is 12.1 Å². The maximum absolute atomic E-state index is 18.2. The first kappa shape index (κ1) is 50.6. The van der Waals surface area contributed by atoms with Crippen LogP contribution in [-0.4, -0.2) is 91.0 Å². The van der Waals surface area contributed by atoms with E-state index in [1.807, 2.05) is 60.4 Å². The van der Waals surface area contributed by atoms with Crippen LogP contribution >= 0.6 is 11.6 Å². The molecule has 3 aliphatic heterocycles. The van der Waals surface area contributed by atoms with Gasteiger partial charge in [0.05, 0.1) is 66.7 Å². The van der Waals surface area contributed by atoms with Crippen LogP contribution in [0.15, 0.2) is 109 Å². The van der Waals surface area contributed by atoms with Crippen molar-refractivity contribution in [2.24, 2.45) is 4.99 Å². The van der Waals surface area contributed by atoms with Gasteiger partial charge in [-0.1, -0.05) is 48.0 Å². The third-order valence-electron chi connectivity index (χ3n) is 13.1. The molecule has 2 N–H and O–H groups in total. The lowest BCUT2D eigenvalue weighted by molar-refractivity contribution is -0.137. The van der Waals surface area contributed by atoms with Crippen LogP contribution in [0.5, 0.6) is 23.0 Å². The zero-order valence-corrected chi connectivity index (χ0v) is 41.6. The molecule has 1 unspecified atom stereocenters. The SMILES string of the molecule is COc1ccc(CNc2ncncc2C(C)N2C=C(OC[C@@H]3C[C@@H](F)CN3C)Oc3c(F)c(-c4nc(N(Cc5ccc(OC)cc5)Cc5ccc(OC)cc5)cc(C)c4C(F)(F)F)c(Cl)c4c3C2=NCN4)cc1. The minimum atomic E-state index is -5.03. The van der Waals surface area contributed by atoms with Crippen LogP contribution in [0, 0.1) is 12.7 Å². The number of ether oxygens (including phenoxy) is 5. The average molecular weight is 1030 g/mol. The molecule has 0 aliphatic carbocycles. The van der Waals surface area contributed by atoms with Crippen molar-refractivity contribution in [3.8, 4) is 34.3 Å². The van der Waals surface area contributed by atoms with Crippen molar-refractivity contribution in [3.63, 3.8) is 0 Å². The van der Waals surface area contributed by atoms with Gasteiger partial charge in [-0.25, -0.2) is 28.7 Å². The predicted octanol–water partition coefficient (Wildman–Crippen LogP) is 10.9. The largest absolute Gasteiger partial charge is 0.497 e. The fraction of sp³-hybridized carbons (Fsp3) is 0.321. The lowest BCUT2D eigenvalue weighted by Crippen LogP contribution is -2.34. The van der Waals surface area contributed by atoms with E-state index in [1.54, 1.807) is 68.6 Å². The molecular weight excluding hydrogens is 973 g/mol. The number of hydrogen-bond acceptors (Lipinski definition) is 14. The van der Waals surface area contributed by atoms with Crippen LogP contribution in [0.2, 0.25) is 5.02 Å². The Labute approximate surface area is 424 Å². The van der Waals surface area contributed by atoms with Crippen LogP contribution in [0.3, 0.4) is 0 Å². The number of aryl methyl sites for hydroxylation is 1. The van der Waals surface area contributed by atoms with E-state index in [1.165, 1.54) is 25.5 Å². The number of nitrogens with one attached hydrogen (secondary N) is 2. The Kier molecular flexibility index (Phi) is 14.8. The van der Waals surface area contributed by atoms with E-state index in [0.29, 0.717) is 35.2 Å². The third-order valence-corrected chi connectivity index (χ3v) is 13.5. The van der Waals surface area contributed by atoms with Gasteiger partial charge in [0, 0.05) is 44.0 Å². The maximum atomic E-state index is 18.2. The highest BCUT2D eigenvalue weighted by Crippen LogP contribution is 2.51. The Balaban J connectivity index is 1.17. The third kappa shape index (κ3) is 10.7. The van der Waals surface area contributed by atoms with Gasteiger partial charge in [0.15, 0.2) is 11.6 Å². The molecule has 5 heterocycles. The average Bonchev–Trinajstić information content (AvgIpc) is 3.61. The number of amidine groups is 1. The molecule has 3 atom stereocenters. The Morgan fingerprint density at radius 2 is 1.53 bits per heavy atom. The first-order valence-corrected chi connectivity index (χ1v) is 23.8. The van der Waals surface area contributed by atoms with E-state index in [2.05, 4.69) is 20.6 Å². The lowest BCUT2D eigenvalue weighted by Gasteiger charge is -2.32. The highest BCUT2D eigenvalue weighted by Gasteiger charge is 2.43. The van der Waals surface area contributed by atoms with E-state index in [9.17, 15) is 4.39 Å². The smallest absolute Gasteiger partial charge is 0.418 e. The Morgan fingerprint density at radius 3 is 2.11 bits per heavy atom. The molecule has 4 aromatic carbocycles. The summed E-state index contributed by atoms with van der Waals surface area (Å²) in [5.74, 6) is 0.691. The number of anilines is 3. The minimum Gasteiger partial charge on any atom is -0.497 e. The van der Waals surface area contributed by atoms with Gasteiger partial charge < -0.3 is 44.1 Å². The molecule has 1 saturated heterocycles. The van der Waals surface area contributed by atoms with Crippen molar-refractivity contribution in [2.45, 2.75) is 64.3 Å². The molecule has 0 bridgehead atoms. The summed E-state index contributed by atoms with van der Waals surface area (Å²) in [5, 5.41) is 6.10. The van der Waals surface area contributed by atoms with Crippen molar-refractivity contribution in [2.75, 3.05) is 63.7 Å². The second-order valence-electron chi connectivity index (χ2n) is 17.9. The second-order valence-corrected chi connectivity index (χ2v) is 18.2. The molecule has 14 nitrogen and oxygen atoms in total. The van der Waals surface area contributed by atoms with E-state index in [0.717, 1.165) is 16.7 Å². The minimum absolute atomic E-state index is 0.0210. The number of pyridine rings is 1. The van der Waals surface area contributed by atoms with Gasteiger partial charge in [-0.05, 0) is 92.0 Å². The van der Waals surface area contributed by atoms with Crippen LogP contribution in [0.25, 0.3) is 11.3 Å². The van der Waals surface area contributed by atoms with Crippen molar-refractivity contribution in [1.29, 1.82) is 0 Å². The molecule has 3 aliphatic rings. The standard InChI is InChI=1S/C53H53ClF5N9O5/c1-30-19-41(67(23-33-9-15-38(70-5)16-10-33)24-34-11-17-39(71-6)18-12-34)65-48(45(30)53(57,58)59)43-46(54)49-44-50(47(43)56)73-42(72-27-36-20-35(55)25-66(36)3)26-68(52(44)64-29-62-49)31(2)40-22-60-28-63-51(40)61-21-32-7-13-37(69-4)14-8-32/h7-19,22,26,28,31,35-36,62H,20-21,23-25,27,29H2,1-6H3,(H,60,61,63)/t31?,35-,36+/m1/s1. The first-order valence-electron chi connectivity index (χ1n) is 23.4. The molecule has 2 aromatic heterocycles.